The van der Waals surface area contributed by atoms with E-state index in [0.717, 1.165) is 10.2 Å². The molecule has 0 heterocycles. The molecule has 0 saturated heterocycles. The molecule has 0 N–H and O–H groups in total. The zero-order chi connectivity index (χ0) is 9.52. The second-order valence-corrected chi connectivity index (χ2v) is 3.09. The number of hydrogen-bond acceptors (Lipinski definition) is 2. The third-order valence-electron chi connectivity index (χ3n) is 1.35. The van der Waals surface area contributed by atoms with E-state index in [4.69, 9.17) is 10.3 Å². The lowest BCUT2D eigenvalue weighted by atomic mass is 10.3. The topological polar surface area (TPSA) is 58.0 Å². The summed E-state index contributed by atoms with van der Waals surface area (Å²) in [7, 11) is 0. The molecule has 1 rings (SSSR count). The molecule has 0 aliphatic carbocycles. The average Bonchev–Trinajstić information content (AvgIpc) is 2.15. The zero-order valence-corrected chi connectivity index (χ0v) is 8.44. The van der Waals surface area contributed by atoms with E-state index in [2.05, 4.69) is 26.0 Å². The highest BCUT2D eigenvalue weighted by molar-refractivity contribution is 9.10. The van der Waals surface area contributed by atoms with Gasteiger partial charge in [0, 0.05) is 4.91 Å². The summed E-state index contributed by atoms with van der Waals surface area (Å²) >= 11 is 3.34. The summed E-state index contributed by atoms with van der Waals surface area (Å²) in [6.45, 7) is 0.741. The monoisotopic (exact) mass is 241 g/mol. The molecule has 0 saturated carbocycles. The van der Waals surface area contributed by atoms with Crippen LogP contribution in [0.2, 0.25) is 0 Å². The number of benzene rings is 1. The minimum atomic E-state index is 0.345. The van der Waals surface area contributed by atoms with E-state index in [-0.39, 0.29) is 0 Å². The number of rotatable bonds is 4. The lowest BCUT2D eigenvalue weighted by Gasteiger charge is -2.05. The number of azide groups is 1. The van der Waals surface area contributed by atoms with E-state index >= 15 is 0 Å². The van der Waals surface area contributed by atoms with Gasteiger partial charge in [-0.1, -0.05) is 17.2 Å². The van der Waals surface area contributed by atoms with Crippen LogP contribution in [0, 0.1) is 0 Å². The highest BCUT2D eigenvalue weighted by Gasteiger charge is 1.96. The smallest absolute Gasteiger partial charge is 0.133 e. The molecule has 68 valence electrons. The summed E-state index contributed by atoms with van der Waals surface area (Å²) in [6, 6.07) is 7.53. The van der Waals surface area contributed by atoms with Crippen LogP contribution >= 0.6 is 15.9 Å². The summed E-state index contributed by atoms with van der Waals surface area (Å²) in [6.07, 6.45) is 0. The van der Waals surface area contributed by atoms with Crippen molar-refractivity contribution < 1.29 is 4.74 Å². The van der Waals surface area contributed by atoms with E-state index < -0.39 is 0 Å². The van der Waals surface area contributed by atoms with Crippen molar-refractivity contribution in [3.8, 4) is 5.75 Å². The van der Waals surface area contributed by atoms with E-state index in [1.165, 1.54) is 0 Å². The fourth-order valence-electron chi connectivity index (χ4n) is 0.803. The van der Waals surface area contributed by atoms with Gasteiger partial charge in [0.1, 0.15) is 5.75 Å². The molecule has 5 heteroatoms. The van der Waals surface area contributed by atoms with Crippen LogP contribution in [-0.2, 0) is 0 Å². The van der Waals surface area contributed by atoms with Crippen LogP contribution in [0.4, 0.5) is 0 Å². The van der Waals surface area contributed by atoms with Gasteiger partial charge in [0.05, 0.1) is 17.6 Å². The van der Waals surface area contributed by atoms with Crippen LogP contribution < -0.4 is 4.74 Å². The molecular weight excluding hydrogens is 234 g/mol. The Morgan fingerprint density at radius 2 is 2.23 bits per heavy atom. The van der Waals surface area contributed by atoms with Crippen molar-refractivity contribution in [1.29, 1.82) is 0 Å². The highest BCUT2D eigenvalue weighted by atomic mass is 79.9. The maximum absolute atomic E-state index is 8.01. The first-order valence-electron chi connectivity index (χ1n) is 3.73. The molecule has 1 aromatic rings. The third kappa shape index (κ3) is 3.36. The van der Waals surface area contributed by atoms with Crippen molar-refractivity contribution in [1.82, 2.24) is 0 Å². The molecule has 0 fully saturated rings. The Bertz CT molecular complexity index is 323. The molecular formula is C8H8BrN3O. The maximum Gasteiger partial charge on any atom is 0.133 e. The van der Waals surface area contributed by atoms with Gasteiger partial charge in [0.25, 0.3) is 0 Å². The van der Waals surface area contributed by atoms with Crippen molar-refractivity contribution >= 4 is 15.9 Å². The Kier molecular flexibility index (Phi) is 4.15. The van der Waals surface area contributed by atoms with Gasteiger partial charge in [0.15, 0.2) is 0 Å². The molecule has 0 aliphatic heterocycles. The molecule has 0 radical (unpaired) electrons. The number of ether oxygens (including phenoxy) is 1. The van der Waals surface area contributed by atoms with Gasteiger partial charge in [-0.15, -0.1) is 0 Å². The zero-order valence-electron chi connectivity index (χ0n) is 6.85. The Balaban J connectivity index is 2.45. The molecule has 13 heavy (non-hydrogen) atoms. The van der Waals surface area contributed by atoms with Crippen molar-refractivity contribution in [2.24, 2.45) is 5.11 Å². The lowest BCUT2D eigenvalue weighted by Crippen LogP contribution is -2.00. The van der Waals surface area contributed by atoms with E-state index in [1.54, 1.807) is 0 Å². The minimum absolute atomic E-state index is 0.345. The van der Waals surface area contributed by atoms with Crippen molar-refractivity contribution in [2.75, 3.05) is 13.2 Å². The fourth-order valence-corrected chi connectivity index (χ4v) is 1.20. The Hall–Kier alpha value is -1.19. The van der Waals surface area contributed by atoms with Crippen molar-refractivity contribution in [3.63, 3.8) is 0 Å². The van der Waals surface area contributed by atoms with Crippen LogP contribution in [-0.4, -0.2) is 13.2 Å². The van der Waals surface area contributed by atoms with Gasteiger partial charge in [-0.2, -0.15) is 0 Å². The maximum atomic E-state index is 8.01. The summed E-state index contributed by atoms with van der Waals surface area (Å²) < 4.78 is 6.23. The molecule has 0 spiro atoms. The number of nitrogens with zero attached hydrogens (tertiary/aromatic N) is 3. The summed E-state index contributed by atoms with van der Waals surface area (Å²) in [5, 5.41) is 3.36. The molecule has 1 aromatic carbocycles. The Morgan fingerprint density at radius 3 is 2.92 bits per heavy atom. The fraction of sp³-hybridized carbons (Fsp3) is 0.250. The number of para-hydroxylation sites is 1. The molecule has 4 nitrogen and oxygen atoms in total. The van der Waals surface area contributed by atoms with Crippen LogP contribution in [0.25, 0.3) is 10.4 Å². The summed E-state index contributed by atoms with van der Waals surface area (Å²) in [4.78, 5) is 2.62. The Labute approximate surface area is 84.3 Å². The van der Waals surface area contributed by atoms with Gasteiger partial charge >= 0.3 is 0 Å². The van der Waals surface area contributed by atoms with Gasteiger partial charge in [-0.05, 0) is 33.6 Å². The quantitative estimate of drug-likeness (QED) is 0.346. The normalized spacial score (nSPS) is 9.00. The predicted molar refractivity (Wildman–Crippen MR) is 53.7 cm³/mol. The molecule has 0 unspecified atom stereocenters. The van der Waals surface area contributed by atoms with Gasteiger partial charge in [0.2, 0.25) is 0 Å². The van der Waals surface area contributed by atoms with E-state index in [0.29, 0.717) is 13.2 Å². The predicted octanol–water partition coefficient (Wildman–Crippen LogP) is 3.14. The van der Waals surface area contributed by atoms with Crippen molar-refractivity contribution in [2.45, 2.75) is 0 Å². The Morgan fingerprint density at radius 1 is 1.46 bits per heavy atom. The number of halogens is 1. The lowest BCUT2D eigenvalue weighted by molar-refractivity contribution is 0.326. The highest BCUT2D eigenvalue weighted by Crippen LogP contribution is 2.23. The molecule has 0 aromatic heterocycles. The third-order valence-corrected chi connectivity index (χ3v) is 2.00. The number of hydrogen-bond donors (Lipinski definition) is 0. The SMILES string of the molecule is [N-]=[N+]=NCCOc1ccccc1Br. The molecule has 0 aliphatic rings. The summed E-state index contributed by atoms with van der Waals surface area (Å²) in [5.41, 5.74) is 8.01. The van der Waals surface area contributed by atoms with Crippen LogP contribution in [0.15, 0.2) is 33.9 Å². The van der Waals surface area contributed by atoms with Crippen molar-refractivity contribution in [3.05, 3.63) is 39.2 Å². The van der Waals surface area contributed by atoms with Crippen LogP contribution in [0.1, 0.15) is 0 Å². The first kappa shape index (κ1) is 9.89. The second kappa shape index (κ2) is 5.45. The van der Waals surface area contributed by atoms with E-state index in [1.807, 2.05) is 24.3 Å². The van der Waals surface area contributed by atoms with Crippen LogP contribution in [0.3, 0.4) is 0 Å². The minimum Gasteiger partial charge on any atom is -0.492 e. The van der Waals surface area contributed by atoms with E-state index in [9.17, 15) is 0 Å². The molecule has 0 atom stereocenters. The first-order chi connectivity index (χ1) is 6.34. The van der Waals surface area contributed by atoms with Gasteiger partial charge in [-0.25, -0.2) is 0 Å². The van der Waals surface area contributed by atoms with Crippen LogP contribution in [0.5, 0.6) is 5.75 Å². The largest absolute Gasteiger partial charge is 0.492 e. The standard InChI is InChI=1S/C8H8BrN3O/c9-7-3-1-2-4-8(7)13-6-5-11-12-10/h1-4H,5-6H2. The average molecular weight is 242 g/mol. The molecule has 0 amide bonds. The summed E-state index contributed by atoms with van der Waals surface area (Å²) in [5.74, 6) is 0.760. The molecule has 0 bridgehead atoms. The van der Waals surface area contributed by atoms with Gasteiger partial charge in [-0.3, -0.25) is 0 Å². The van der Waals surface area contributed by atoms with Gasteiger partial charge < -0.3 is 4.74 Å². The first-order valence-corrected chi connectivity index (χ1v) is 4.52. The second-order valence-electron chi connectivity index (χ2n) is 2.23.